The Kier molecular flexibility index (Phi) is 4.95. The number of likely N-dealkylation sites (tertiary alicyclic amines) is 1. The van der Waals surface area contributed by atoms with Gasteiger partial charge >= 0.3 is 0 Å². The number of rotatable bonds is 3. The molecule has 4 heteroatoms. The second-order valence-electron chi connectivity index (χ2n) is 5.73. The molecule has 1 saturated heterocycles. The Morgan fingerprint density at radius 3 is 2.53 bits per heavy atom. The fraction of sp³-hybridized carbons (Fsp3) is 0.923. The van der Waals surface area contributed by atoms with Crippen molar-refractivity contribution in [1.29, 1.82) is 0 Å². The molecule has 2 unspecified atom stereocenters. The summed E-state index contributed by atoms with van der Waals surface area (Å²) >= 11 is 0. The van der Waals surface area contributed by atoms with E-state index >= 15 is 0 Å². The van der Waals surface area contributed by atoms with E-state index in [1.807, 2.05) is 25.8 Å². The van der Waals surface area contributed by atoms with Crippen LogP contribution in [0.3, 0.4) is 0 Å². The Balaban J connectivity index is 2.58. The molecule has 0 spiro atoms. The van der Waals surface area contributed by atoms with Gasteiger partial charge in [-0.15, -0.1) is 0 Å². The lowest BCUT2D eigenvalue weighted by Gasteiger charge is -2.40. The van der Waals surface area contributed by atoms with E-state index < -0.39 is 0 Å². The Hall–Kier alpha value is -0.610. The number of hydrogen-bond acceptors (Lipinski definition) is 3. The maximum Gasteiger partial charge on any atom is 0.239 e. The van der Waals surface area contributed by atoms with Crippen molar-refractivity contribution in [2.24, 2.45) is 11.7 Å². The summed E-state index contributed by atoms with van der Waals surface area (Å²) < 4.78 is 0. The van der Waals surface area contributed by atoms with Gasteiger partial charge < -0.3 is 15.5 Å². The van der Waals surface area contributed by atoms with Gasteiger partial charge in [0.15, 0.2) is 0 Å². The molecule has 2 N–H and O–H groups in total. The maximum atomic E-state index is 12.2. The highest BCUT2D eigenvalue weighted by molar-refractivity contribution is 5.82. The highest BCUT2D eigenvalue weighted by Gasteiger charge is 2.30. The average molecular weight is 241 g/mol. The van der Waals surface area contributed by atoms with Crippen LogP contribution in [0.1, 0.15) is 33.6 Å². The van der Waals surface area contributed by atoms with Gasteiger partial charge in [-0.05, 0) is 32.7 Å². The fourth-order valence-electron chi connectivity index (χ4n) is 2.32. The molecule has 3 atom stereocenters. The molecule has 1 rings (SSSR count). The van der Waals surface area contributed by atoms with Crippen molar-refractivity contribution < 1.29 is 4.79 Å². The van der Waals surface area contributed by atoms with E-state index in [9.17, 15) is 4.79 Å². The summed E-state index contributed by atoms with van der Waals surface area (Å²) in [6.07, 6.45) is 2.09. The number of amides is 1. The Labute approximate surface area is 105 Å². The zero-order valence-electron chi connectivity index (χ0n) is 11.8. The lowest BCUT2D eigenvalue weighted by atomic mass is 9.96. The van der Waals surface area contributed by atoms with Crippen molar-refractivity contribution in [3.8, 4) is 0 Å². The summed E-state index contributed by atoms with van der Waals surface area (Å²) in [6.45, 7) is 7.26. The van der Waals surface area contributed by atoms with Crippen molar-refractivity contribution >= 4 is 5.91 Å². The SMILES string of the molecule is CC(C)[C@H](N)C(=O)N(C)C1CCN(C)C(C)C1. The first-order chi connectivity index (χ1) is 7.84. The normalized spacial score (nSPS) is 28.2. The Bertz CT molecular complexity index is 267. The van der Waals surface area contributed by atoms with Crippen LogP contribution in [0.25, 0.3) is 0 Å². The molecule has 1 heterocycles. The first-order valence-corrected chi connectivity index (χ1v) is 6.57. The van der Waals surface area contributed by atoms with Crippen LogP contribution in [0.5, 0.6) is 0 Å². The van der Waals surface area contributed by atoms with Gasteiger partial charge in [-0.1, -0.05) is 13.8 Å². The molecule has 0 aliphatic carbocycles. The second kappa shape index (κ2) is 5.83. The number of nitrogens with two attached hydrogens (primary N) is 1. The summed E-state index contributed by atoms with van der Waals surface area (Å²) in [5.74, 6) is 0.287. The largest absolute Gasteiger partial charge is 0.341 e. The van der Waals surface area contributed by atoms with E-state index in [0.717, 1.165) is 19.4 Å². The quantitative estimate of drug-likeness (QED) is 0.799. The van der Waals surface area contributed by atoms with Crippen LogP contribution in [0.15, 0.2) is 0 Å². The lowest BCUT2D eigenvalue weighted by Crippen LogP contribution is -2.53. The van der Waals surface area contributed by atoms with Crippen molar-refractivity contribution in [3.05, 3.63) is 0 Å². The molecule has 4 nitrogen and oxygen atoms in total. The number of likely N-dealkylation sites (N-methyl/N-ethyl adjacent to an activating group) is 1. The molecule has 17 heavy (non-hydrogen) atoms. The van der Waals surface area contributed by atoms with E-state index in [2.05, 4.69) is 18.9 Å². The van der Waals surface area contributed by atoms with Gasteiger partial charge in [0.1, 0.15) is 0 Å². The highest BCUT2D eigenvalue weighted by atomic mass is 16.2. The monoisotopic (exact) mass is 241 g/mol. The minimum Gasteiger partial charge on any atom is -0.341 e. The van der Waals surface area contributed by atoms with Crippen LogP contribution in [0.2, 0.25) is 0 Å². The second-order valence-corrected chi connectivity index (χ2v) is 5.73. The molecule has 0 aromatic heterocycles. The summed E-state index contributed by atoms with van der Waals surface area (Å²) in [5.41, 5.74) is 5.93. The summed E-state index contributed by atoms with van der Waals surface area (Å²) in [4.78, 5) is 16.4. The molecule has 0 aromatic rings. The van der Waals surface area contributed by atoms with E-state index in [4.69, 9.17) is 5.73 Å². The topological polar surface area (TPSA) is 49.6 Å². The lowest BCUT2D eigenvalue weighted by molar-refractivity contribution is -0.135. The molecule has 0 radical (unpaired) electrons. The maximum absolute atomic E-state index is 12.2. The molecule has 100 valence electrons. The van der Waals surface area contributed by atoms with Gasteiger partial charge in [0, 0.05) is 25.7 Å². The number of piperidine rings is 1. The third kappa shape index (κ3) is 3.42. The van der Waals surface area contributed by atoms with Gasteiger partial charge in [0.2, 0.25) is 5.91 Å². The first-order valence-electron chi connectivity index (χ1n) is 6.57. The third-order valence-corrected chi connectivity index (χ3v) is 4.08. The molecular formula is C13H27N3O. The van der Waals surface area contributed by atoms with Gasteiger partial charge in [0.25, 0.3) is 0 Å². The van der Waals surface area contributed by atoms with Gasteiger partial charge in [0.05, 0.1) is 6.04 Å². The van der Waals surface area contributed by atoms with Crippen molar-refractivity contribution in [2.45, 2.75) is 51.7 Å². The van der Waals surface area contributed by atoms with E-state index in [1.165, 1.54) is 0 Å². The van der Waals surface area contributed by atoms with Crippen LogP contribution in [0, 0.1) is 5.92 Å². The van der Waals surface area contributed by atoms with Gasteiger partial charge in [-0.25, -0.2) is 0 Å². The van der Waals surface area contributed by atoms with Crippen LogP contribution in [0.4, 0.5) is 0 Å². The predicted molar refractivity (Wildman–Crippen MR) is 70.7 cm³/mol. The molecular weight excluding hydrogens is 214 g/mol. The highest BCUT2D eigenvalue weighted by Crippen LogP contribution is 2.20. The van der Waals surface area contributed by atoms with Gasteiger partial charge in [-0.2, -0.15) is 0 Å². The van der Waals surface area contributed by atoms with E-state index in [1.54, 1.807) is 0 Å². The van der Waals surface area contributed by atoms with Gasteiger partial charge in [-0.3, -0.25) is 4.79 Å². The predicted octanol–water partition coefficient (Wildman–Crippen LogP) is 0.911. The Morgan fingerprint density at radius 2 is 2.06 bits per heavy atom. The van der Waals surface area contributed by atoms with Crippen LogP contribution >= 0.6 is 0 Å². The third-order valence-electron chi connectivity index (χ3n) is 4.08. The average Bonchev–Trinajstić information content (AvgIpc) is 2.29. The van der Waals surface area contributed by atoms with Crippen LogP contribution in [-0.4, -0.2) is 54.5 Å². The molecule has 0 bridgehead atoms. The van der Waals surface area contributed by atoms with Crippen molar-refractivity contribution in [3.63, 3.8) is 0 Å². The van der Waals surface area contributed by atoms with E-state index in [0.29, 0.717) is 12.1 Å². The van der Waals surface area contributed by atoms with Crippen molar-refractivity contribution in [1.82, 2.24) is 9.80 Å². The molecule has 0 saturated carbocycles. The zero-order chi connectivity index (χ0) is 13.2. The molecule has 1 amide bonds. The summed E-state index contributed by atoms with van der Waals surface area (Å²) in [6, 6.07) is 0.521. The summed E-state index contributed by atoms with van der Waals surface area (Å²) in [5, 5.41) is 0. The molecule has 1 fully saturated rings. The standard InChI is InChI=1S/C13H27N3O/c1-9(2)12(14)13(17)16(5)11-6-7-15(4)10(3)8-11/h9-12H,6-8,14H2,1-5H3/t10?,11?,12-/m0/s1. The van der Waals surface area contributed by atoms with Crippen molar-refractivity contribution in [2.75, 3.05) is 20.6 Å². The first kappa shape index (κ1) is 14.5. The number of carbonyl (C=O) groups excluding carboxylic acids is 1. The minimum atomic E-state index is -0.366. The zero-order valence-corrected chi connectivity index (χ0v) is 11.8. The number of carbonyl (C=O) groups is 1. The van der Waals surface area contributed by atoms with Crippen LogP contribution < -0.4 is 5.73 Å². The molecule has 1 aliphatic heterocycles. The number of nitrogens with zero attached hydrogens (tertiary/aromatic N) is 2. The van der Waals surface area contributed by atoms with E-state index in [-0.39, 0.29) is 17.9 Å². The fourth-order valence-corrected chi connectivity index (χ4v) is 2.32. The molecule has 1 aliphatic rings. The minimum absolute atomic E-state index is 0.0850. The summed E-state index contributed by atoms with van der Waals surface area (Å²) in [7, 11) is 4.04. The van der Waals surface area contributed by atoms with Crippen LogP contribution in [-0.2, 0) is 4.79 Å². The smallest absolute Gasteiger partial charge is 0.239 e. The molecule has 0 aromatic carbocycles. The Morgan fingerprint density at radius 1 is 1.47 bits per heavy atom. The number of hydrogen-bond donors (Lipinski definition) is 1.